The van der Waals surface area contributed by atoms with E-state index in [1.165, 1.54) is 12.1 Å². The van der Waals surface area contributed by atoms with Gasteiger partial charge in [0, 0.05) is 12.7 Å². The minimum absolute atomic E-state index is 0.0536. The zero-order valence-corrected chi connectivity index (χ0v) is 11.0. The predicted octanol–water partition coefficient (Wildman–Crippen LogP) is 3.74. The second kappa shape index (κ2) is 5.61. The Morgan fingerprint density at radius 2 is 2.00 bits per heavy atom. The van der Waals surface area contributed by atoms with E-state index in [9.17, 15) is 4.39 Å². The molecule has 0 N–H and O–H groups in total. The van der Waals surface area contributed by atoms with Crippen molar-refractivity contribution in [2.45, 2.75) is 6.61 Å². The molecule has 1 heterocycles. The Kier molecular flexibility index (Phi) is 4.11. The molecule has 1 aromatic carbocycles. The molecule has 0 aliphatic carbocycles. The van der Waals surface area contributed by atoms with E-state index in [4.69, 9.17) is 27.9 Å². The topological polar surface area (TPSA) is 35.0 Å². The maximum Gasteiger partial charge on any atom is 0.161 e. The number of aromatic nitrogens is 2. The van der Waals surface area contributed by atoms with Crippen LogP contribution in [0.15, 0.2) is 24.3 Å². The summed E-state index contributed by atoms with van der Waals surface area (Å²) < 4.78 is 18.3. The lowest BCUT2D eigenvalue weighted by Crippen LogP contribution is -1.98. The Bertz CT molecular complexity index is 578. The van der Waals surface area contributed by atoms with Crippen LogP contribution in [0.25, 0.3) is 11.4 Å². The van der Waals surface area contributed by atoms with Crippen LogP contribution >= 0.6 is 23.2 Å². The molecule has 0 bridgehead atoms. The molecular weight excluding hydrogens is 278 g/mol. The van der Waals surface area contributed by atoms with E-state index in [-0.39, 0.29) is 10.2 Å². The van der Waals surface area contributed by atoms with Gasteiger partial charge in [-0.1, -0.05) is 23.2 Å². The molecule has 0 saturated heterocycles. The molecule has 0 aliphatic rings. The molecule has 0 amide bonds. The lowest BCUT2D eigenvalue weighted by molar-refractivity contribution is 0.181. The van der Waals surface area contributed by atoms with Crippen molar-refractivity contribution >= 4 is 23.2 Å². The van der Waals surface area contributed by atoms with Crippen LogP contribution in [-0.2, 0) is 11.3 Å². The van der Waals surface area contributed by atoms with Crippen LogP contribution in [0.4, 0.5) is 4.39 Å². The van der Waals surface area contributed by atoms with Crippen LogP contribution < -0.4 is 0 Å². The fraction of sp³-hybridized carbons (Fsp3) is 0.167. The molecule has 0 atom stereocenters. The van der Waals surface area contributed by atoms with Crippen LogP contribution in [0.1, 0.15) is 5.69 Å². The van der Waals surface area contributed by atoms with Gasteiger partial charge in [-0.2, -0.15) is 0 Å². The van der Waals surface area contributed by atoms with Crippen LogP contribution in [0.5, 0.6) is 0 Å². The highest BCUT2D eigenvalue weighted by Gasteiger charge is 2.08. The van der Waals surface area contributed by atoms with Gasteiger partial charge in [-0.05, 0) is 24.3 Å². The first-order valence-corrected chi connectivity index (χ1v) is 5.83. The summed E-state index contributed by atoms with van der Waals surface area (Å²) in [6, 6.07) is 5.95. The van der Waals surface area contributed by atoms with Gasteiger partial charge >= 0.3 is 0 Å². The van der Waals surface area contributed by atoms with E-state index in [2.05, 4.69) is 9.97 Å². The predicted molar refractivity (Wildman–Crippen MR) is 68.2 cm³/mol. The molecule has 2 rings (SSSR count). The number of hydrogen-bond acceptors (Lipinski definition) is 3. The van der Waals surface area contributed by atoms with E-state index in [0.29, 0.717) is 23.7 Å². The molecule has 1 aromatic heterocycles. The lowest BCUT2D eigenvalue weighted by atomic mass is 10.2. The van der Waals surface area contributed by atoms with Gasteiger partial charge < -0.3 is 4.74 Å². The first-order chi connectivity index (χ1) is 8.60. The number of ether oxygens (including phenoxy) is 1. The van der Waals surface area contributed by atoms with Gasteiger partial charge in [-0.3, -0.25) is 0 Å². The summed E-state index contributed by atoms with van der Waals surface area (Å²) in [5.41, 5.74) is 1.14. The van der Waals surface area contributed by atoms with Crippen molar-refractivity contribution in [3.63, 3.8) is 0 Å². The number of rotatable bonds is 3. The number of methoxy groups -OCH3 is 1. The van der Waals surface area contributed by atoms with Gasteiger partial charge in [0.25, 0.3) is 0 Å². The van der Waals surface area contributed by atoms with Crippen molar-refractivity contribution < 1.29 is 9.13 Å². The third-order valence-corrected chi connectivity index (χ3v) is 2.72. The number of nitrogens with zero attached hydrogens (tertiary/aromatic N) is 2. The van der Waals surface area contributed by atoms with Crippen LogP contribution in [-0.4, -0.2) is 17.1 Å². The summed E-state index contributed by atoms with van der Waals surface area (Å²) in [5, 5.41) is 0.334. The molecule has 0 radical (unpaired) electrons. The van der Waals surface area contributed by atoms with Crippen molar-refractivity contribution in [1.29, 1.82) is 0 Å². The minimum Gasteiger partial charge on any atom is -0.378 e. The molecule has 6 heteroatoms. The van der Waals surface area contributed by atoms with Gasteiger partial charge in [-0.25, -0.2) is 14.4 Å². The van der Waals surface area contributed by atoms with Crippen molar-refractivity contribution in [3.05, 3.63) is 46.0 Å². The molecule has 0 aliphatic heterocycles. The van der Waals surface area contributed by atoms with E-state index in [1.807, 2.05) is 0 Å². The van der Waals surface area contributed by atoms with Crippen molar-refractivity contribution in [2.75, 3.05) is 7.11 Å². The zero-order valence-electron chi connectivity index (χ0n) is 9.45. The number of halogens is 3. The summed E-state index contributed by atoms with van der Waals surface area (Å²) >= 11 is 11.5. The molecular formula is C12H9Cl2FN2O. The van der Waals surface area contributed by atoms with Crippen molar-refractivity contribution in [3.8, 4) is 11.4 Å². The lowest BCUT2D eigenvalue weighted by Gasteiger charge is -2.05. The molecule has 94 valence electrons. The van der Waals surface area contributed by atoms with Gasteiger partial charge in [-0.15, -0.1) is 0 Å². The molecule has 0 fully saturated rings. The molecule has 0 unspecified atom stereocenters. The van der Waals surface area contributed by atoms with Crippen LogP contribution in [0.3, 0.4) is 0 Å². The second-order valence-corrected chi connectivity index (χ2v) is 4.36. The SMILES string of the molecule is COCc1cc(Cl)nc(-c2ccc(Cl)c(F)c2)n1. The highest BCUT2D eigenvalue weighted by Crippen LogP contribution is 2.23. The highest BCUT2D eigenvalue weighted by atomic mass is 35.5. The third kappa shape index (κ3) is 2.96. The Morgan fingerprint density at radius 1 is 1.22 bits per heavy atom. The Hall–Kier alpha value is -1.23. The number of hydrogen-bond donors (Lipinski definition) is 0. The van der Waals surface area contributed by atoms with E-state index >= 15 is 0 Å². The maximum absolute atomic E-state index is 13.4. The Labute approximate surface area is 114 Å². The summed E-state index contributed by atoms with van der Waals surface area (Å²) in [5.74, 6) is -0.184. The van der Waals surface area contributed by atoms with Crippen LogP contribution in [0, 0.1) is 5.82 Å². The van der Waals surface area contributed by atoms with E-state index in [0.717, 1.165) is 0 Å². The highest BCUT2D eigenvalue weighted by molar-refractivity contribution is 6.30. The van der Waals surface area contributed by atoms with Gasteiger partial charge in [0.2, 0.25) is 0 Å². The summed E-state index contributed by atoms with van der Waals surface area (Å²) in [7, 11) is 1.55. The molecule has 2 aromatic rings. The monoisotopic (exact) mass is 286 g/mol. The Morgan fingerprint density at radius 3 is 2.67 bits per heavy atom. The standard InChI is InChI=1S/C12H9Cl2FN2O/c1-18-6-8-5-11(14)17-12(16-8)7-2-3-9(13)10(15)4-7/h2-5H,6H2,1H3. The molecule has 3 nitrogen and oxygen atoms in total. The quantitative estimate of drug-likeness (QED) is 0.807. The minimum atomic E-state index is -0.522. The normalized spacial score (nSPS) is 10.7. The van der Waals surface area contributed by atoms with Gasteiger partial charge in [0.1, 0.15) is 11.0 Å². The zero-order chi connectivity index (χ0) is 13.1. The molecule has 0 spiro atoms. The average molecular weight is 287 g/mol. The van der Waals surface area contributed by atoms with Crippen molar-refractivity contribution in [2.24, 2.45) is 0 Å². The van der Waals surface area contributed by atoms with Gasteiger partial charge in [0.05, 0.1) is 17.3 Å². The van der Waals surface area contributed by atoms with E-state index < -0.39 is 5.82 Å². The smallest absolute Gasteiger partial charge is 0.161 e. The fourth-order valence-corrected chi connectivity index (χ4v) is 1.77. The molecule has 0 saturated carbocycles. The molecule has 18 heavy (non-hydrogen) atoms. The summed E-state index contributed by atoms with van der Waals surface area (Å²) in [4.78, 5) is 8.28. The summed E-state index contributed by atoms with van der Waals surface area (Å²) in [6.07, 6.45) is 0. The second-order valence-electron chi connectivity index (χ2n) is 3.57. The van der Waals surface area contributed by atoms with Gasteiger partial charge in [0.15, 0.2) is 5.82 Å². The van der Waals surface area contributed by atoms with Crippen LogP contribution in [0.2, 0.25) is 10.2 Å². The Balaban J connectivity index is 2.46. The number of benzene rings is 1. The largest absolute Gasteiger partial charge is 0.378 e. The third-order valence-electron chi connectivity index (χ3n) is 2.22. The van der Waals surface area contributed by atoms with E-state index in [1.54, 1.807) is 19.2 Å². The maximum atomic E-state index is 13.4. The summed E-state index contributed by atoms with van der Waals surface area (Å²) in [6.45, 7) is 0.311. The average Bonchev–Trinajstić information content (AvgIpc) is 2.32. The van der Waals surface area contributed by atoms with Crippen molar-refractivity contribution in [1.82, 2.24) is 9.97 Å². The first kappa shape index (κ1) is 13.2. The fourth-order valence-electron chi connectivity index (χ4n) is 1.45. The first-order valence-electron chi connectivity index (χ1n) is 5.08.